The minimum absolute atomic E-state index is 0.0970. The highest BCUT2D eigenvalue weighted by Gasteiger charge is 2.36. The summed E-state index contributed by atoms with van der Waals surface area (Å²) in [6, 6.07) is 20.3. The number of carbonyl (C=O) groups excluding carboxylic acids is 3. The number of hydrogen-bond acceptors (Lipinski definition) is 7. The molecular formula is C26H20NO6S-. The topological polar surface area (TPSA) is 96.0 Å². The van der Waals surface area contributed by atoms with Crippen LogP contribution in [0.3, 0.4) is 0 Å². The van der Waals surface area contributed by atoms with E-state index in [1.165, 1.54) is 12.1 Å². The lowest BCUT2D eigenvalue weighted by molar-refractivity contribution is -0.255. The lowest BCUT2D eigenvalue weighted by atomic mass is 10.1. The van der Waals surface area contributed by atoms with Crippen molar-refractivity contribution in [2.24, 2.45) is 0 Å². The second kappa shape index (κ2) is 10.3. The summed E-state index contributed by atoms with van der Waals surface area (Å²) in [6.45, 7) is 2.47. The standard InChI is InChI=1S/C26H21NO6S/c1-2-32-22-14-18(10-13-21(22)33-16-17-8-11-19(12-9-17)25(29)30)15-23-24(28)27(26(31)34-23)20-6-4-3-5-7-20/h3-15H,2,16H2,1H3,(H,29,30)/p-1/b23-15+. The molecule has 2 amide bonds. The van der Waals surface area contributed by atoms with Gasteiger partial charge in [-0.3, -0.25) is 9.59 Å². The van der Waals surface area contributed by atoms with Gasteiger partial charge in [0.05, 0.1) is 23.2 Å². The Bertz CT molecular complexity index is 1250. The first-order chi connectivity index (χ1) is 16.5. The maximum Gasteiger partial charge on any atom is 0.298 e. The molecule has 3 aromatic carbocycles. The number of amides is 2. The molecule has 0 saturated carbocycles. The van der Waals surface area contributed by atoms with E-state index >= 15 is 0 Å². The highest BCUT2D eigenvalue weighted by atomic mass is 32.2. The number of aromatic carboxylic acids is 1. The fourth-order valence-electron chi connectivity index (χ4n) is 3.32. The Balaban J connectivity index is 1.52. The van der Waals surface area contributed by atoms with Gasteiger partial charge in [-0.15, -0.1) is 0 Å². The lowest BCUT2D eigenvalue weighted by Crippen LogP contribution is -2.27. The molecule has 1 heterocycles. The van der Waals surface area contributed by atoms with E-state index < -0.39 is 5.97 Å². The van der Waals surface area contributed by atoms with Crippen LogP contribution in [0.15, 0.2) is 77.7 Å². The van der Waals surface area contributed by atoms with Crippen LogP contribution in [0.2, 0.25) is 0 Å². The molecule has 3 aromatic rings. The van der Waals surface area contributed by atoms with Crippen LogP contribution in [-0.4, -0.2) is 23.7 Å². The number of hydrogen-bond donors (Lipinski definition) is 0. The van der Waals surface area contributed by atoms with Gasteiger partial charge >= 0.3 is 0 Å². The van der Waals surface area contributed by atoms with E-state index in [0.29, 0.717) is 34.3 Å². The van der Waals surface area contributed by atoms with Gasteiger partial charge in [-0.05, 0) is 65.7 Å². The third-order valence-electron chi connectivity index (χ3n) is 4.96. The van der Waals surface area contributed by atoms with Crippen molar-refractivity contribution < 1.29 is 29.0 Å². The number of carboxylic acid groups (broad SMARTS) is 1. The second-order valence-electron chi connectivity index (χ2n) is 7.26. The zero-order chi connectivity index (χ0) is 24.1. The first-order valence-electron chi connectivity index (χ1n) is 10.5. The zero-order valence-corrected chi connectivity index (χ0v) is 19.0. The van der Waals surface area contributed by atoms with Gasteiger partial charge in [0.25, 0.3) is 11.1 Å². The summed E-state index contributed by atoms with van der Waals surface area (Å²) < 4.78 is 11.6. The molecule has 0 unspecified atom stereocenters. The number of para-hydroxylation sites is 1. The second-order valence-corrected chi connectivity index (χ2v) is 8.26. The van der Waals surface area contributed by atoms with E-state index in [9.17, 15) is 19.5 Å². The van der Waals surface area contributed by atoms with E-state index in [1.807, 2.05) is 13.0 Å². The van der Waals surface area contributed by atoms with Crippen molar-refractivity contribution in [3.8, 4) is 11.5 Å². The van der Waals surface area contributed by atoms with Gasteiger partial charge in [0.15, 0.2) is 11.5 Å². The number of carbonyl (C=O) groups is 3. The summed E-state index contributed by atoms with van der Waals surface area (Å²) in [4.78, 5) is 37.6. The van der Waals surface area contributed by atoms with Gasteiger partial charge in [-0.1, -0.05) is 48.5 Å². The first kappa shape index (κ1) is 23.1. The number of thioether (sulfide) groups is 1. The van der Waals surface area contributed by atoms with Crippen LogP contribution < -0.4 is 19.5 Å². The quantitative estimate of drug-likeness (QED) is 0.450. The third kappa shape index (κ3) is 5.13. The Morgan fingerprint density at radius 2 is 1.71 bits per heavy atom. The highest BCUT2D eigenvalue weighted by molar-refractivity contribution is 8.19. The van der Waals surface area contributed by atoms with Crippen LogP contribution in [0.4, 0.5) is 10.5 Å². The molecule has 0 atom stereocenters. The molecular weight excluding hydrogens is 454 g/mol. The minimum Gasteiger partial charge on any atom is -0.545 e. The highest BCUT2D eigenvalue weighted by Crippen LogP contribution is 2.37. The summed E-state index contributed by atoms with van der Waals surface area (Å²) in [7, 11) is 0. The van der Waals surface area contributed by atoms with Crippen LogP contribution in [0.25, 0.3) is 6.08 Å². The fraction of sp³-hybridized carbons (Fsp3) is 0.115. The van der Waals surface area contributed by atoms with Crippen molar-refractivity contribution in [3.63, 3.8) is 0 Å². The number of rotatable bonds is 8. The predicted octanol–water partition coefficient (Wildman–Crippen LogP) is 4.27. The number of imide groups is 1. The third-order valence-corrected chi connectivity index (χ3v) is 5.83. The summed E-state index contributed by atoms with van der Waals surface area (Å²) in [5.41, 5.74) is 2.10. The number of benzene rings is 3. The molecule has 8 heteroatoms. The molecule has 0 spiro atoms. The van der Waals surface area contributed by atoms with Crippen molar-refractivity contribution in [3.05, 3.63) is 94.4 Å². The molecule has 34 heavy (non-hydrogen) atoms. The summed E-state index contributed by atoms with van der Waals surface area (Å²) in [5, 5.41) is 10.5. The van der Waals surface area contributed by atoms with Crippen molar-refractivity contribution in [1.82, 2.24) is 0 Å². The fourth-order valence-corrected chi connectivity index (χ4v) is 4.16. The van der Waals surface area contributed by atoms with Crippen LogP contribution in [-0.2, 0) is 11.4 Å². The monoisotopic (exact) mass is 474 g/mol. The van der Waals surface area contributed by atoms with Gasteiger partial charge in [0, 0.05) is 0 Å². The Morgan fingerprint density at radius 3 is 2.38 bits per heavy atom. The van der Waals surface area contributed by atoms with Gasteiger partial charge in [0.1, 0.15) is 6.61 Å². The average molecular weight is 475 g/mol. The van der Waals surface area contributed by atoms with Crippen LogP contribution >= 0.6 is 11.8 Å². The molecule has 1 saturated heterocycles. The van der Waals surface area contributed by atoms with Gasteiger partial charge in [0.2, 0.25) is 0 Å². The van der Waals surface area contributed by atoms with Gasteiger partial charge in [-0.2, -0.15) is 0 Å². The lowest BCUT2D eigenvalue weighted by Gasteiger charge is -2.13. The molecule has 0 N–H and O–H groups in total. The normalized spacial score (nSPS) is 14.5. The number of carboxylic acids is 1. The zero-order valence-electron chi connectivity index (χ0n) is 18.2. The average Bonchev–Trinajstić information content (AvgIpc) is 3.12. The molecule has 0 aromatic heterocycles. The number of nitrogens with zero attached hydrogens (tertiary/aromatic N) is 1. The minimum atomic E-state index is -1.23. The SMILES string of the molecule is CCOc1cc(/C=C2/SC(=O)N(c3ccccc3)C2=O)ccc1OCc1ccc(C(=O)[O-])cc1. The largest absolute Gasteiger partial charge is 0.545 e. The molecule has 0 aliphatic carbocycles. The molecule has 1 fully saturated rings. The number of anilines is 1. The van der Waals surface area contributed by atoms with Crippen LogP contribution in [0.1, 0.15) is 28.4 Å². The maximum absolute atomic E-state index is 12.8. The molecule has 0 bridgehead atoms. The molecule has 172 valence electrons. The van der Waals surface area contributed by atoms with Gasteiger partial charge in [-0.25, -0.2) is 4.90 Å². The van der Waals surface area contributed by atoms with E-state index in [1.54, 1.807) is 60.7 Å². The van der Waals surface area contributed by atoms with Crippen LogP contribution in [0, 0.1) is 0 Å². The molecule has 1 aliphatic heterocycles. The Labute approximate surface area is 200 Å². The van der Waals surface area contributed by atoms with Gasteiger partial charge < -0.3 is 19.4 Å². The molecule has 7 nitrogen and oxygen atoms in total. The Morgan fingerprint density at radius 1 is 0.971 bits per heavy atom. The Hall–Kier alpha value is -4.04. The summed E-state index contributed by atoms with van der Waals surface area (Å²) in [6.07, 6.45) is 1.65. The summed E-state index contributed by atoms with van der Waals surface area (Å²) in [5.74, 6) is -0.618. The van der Waals surface area contributed by atoms with Crippen molar-refractivity contribution in [2.75, 3.05) is 11.5 Å². The smallest absolute Gasteiger partial charge is 0.298 e. The molecule has 1 aliphatic rings. The van der Waals surface area contributed by atoms with E-state index in [0.717, 1.165) is 22.2 Å². The maximum atomic E-state index is 12.8. The van der Waals surface area contributed by atoms with E-state index in [4.69, 9.17) is 9.47 Å². The van der Waals surface area contributed by atoms with Crippen molar-refractivity contribution in [1.29, 1.82) is 0 Å². The van der Waals surface area contributed by atoms with Crippen LogP contribution in [0.5, 0.6) is 11.5 Å². The van der Waals surface area contributed by atoms with Crippen molar-refractivity contribution in [2.45, 2.75) is 13.5 Å². The first-order valence-corrected chi connectivity index (χ1v) is 11.3. The number of ether oxygens (including phenoxy) is 2. The van der Waals surface area contributed by atoms with E-state index in [-0.39, 0.29) is 23.3 Å². The molecule has 0 radical (unpaired) electrons. The Kier molecular flexibility index (Phi) is 6.98. The molecule has 4 rings (SSSR count). The summed E-state index contributed by atoms with van der Waals surface area (Å²) >= 11 is 0.886. The van der Waals surface area contributed by atoms with Crippen molar-refractivity contribution >= 4 is 40.6 Å². The predicted molar refractivity (Wildman–Crippen MR) is 128 cm³/mol. The van der Waals surface area contributed by atoms with E-state index in [2.05, 4.69) is 0 Å².